The Hall–Kier alpha value is -0.740. The molecule has 0 aliphatic heterocycles. The third kappa shape index (κ3) is 3.25. The molecule has 0 aliphatic carbocycles. The van der Waals surface area contributed by atoms with Gasteiger partial charge in [-0.05, 0) is 13.0 Å². The molecule has 11 heavy (non-hydrogen) atoms. The number of nitrogens with one attached hydrogen (secondary N) is 1. The number of nitrogens with two attached hydrogens (primary N) is 1. The van der Waals surface area contributed by atoms with Crippen molar-refractivity contribution in [3.63, 3.8) is 0 Å². The summed E-state index contributed by atoms with van der Waals surface area (Å²) >= 11 is 0. The standard InChI is InChI=1S/C6H10N2O2.ClH/c7-3-1-2-5-4-6(9)8-10-5;/h4H,1-3,7H2,(H,8,9);1H. The molecule has 0 bridgehead atoms. The molecule has 0 atom stereocenters. The van der Waals surface area contributed by atoms with Crippen molar-refractivity contribution in [1.29, 1.82) is 0 Å². The SMILES string of the molecule is Cl.NCCCc1cc(=O)[nH]o1. The number of aryl methyl sites for hydroxylation is 1. The van der Waals surface area contributed by atoms with Crippen LogP contribution in [0.2, 0.25) is 0 Å². The van der Waals surface area contributed by atoms with Crippen molar-refractivity contribution in [1.82, 2.24) is 5.16 Å². The van der Waals surface area contributed by atoms with Crippen LogP contribution in [0.15, 0.2) is 15.4 Å². The molecule has 0 saturated carbocycles. The van der Waals surface area contributed by atoms with Crippen molar-refractivity contribution < 1.29 is 4.52 Å². The number of aromatic amines is 1. The van der Waals surface area contributed by atoms with E-state index in [9.17, 15) is 4.79 Å². The Balaban J connectivity index is 0.000001000. The lowest BCUT2D eigenvalue weighted by Crippen LogP contribution is -1.99. The summed E-state index contributed by atoms with van der Waals surface area (Å²) in [7, 11) is 0. The van der Waals surface area contributed by atoms with Gasteiger partial charge in [0.15, 0.2) is 0 Å². The van der Waals surface area contributed by atoms with Crippen LogP contribution < -0.4 is 11.3 Å². The average Bonchev–Trinajstić information content (AvgIpc) is 2.31. The number of hydrogen-bond acceptors (Lipinski definition) is 3. The van der Waals surface area contributed by atoms with Crippen molar-refractivity contribution in [3.05, 3.63) is 22.2 Å². The van der Waals surface area contributed by atoms with E-state index in [0.29, 0.717) is 12.3 Å². The lowest BCUT2D eigenvalue weighted by atomic mass is 10.2. The topological polar surface area (TPSA) is 72.0 Å². The summed E-state index contributed by atoms with van der Waals surface area (Å²) in [6.45, 7) is 0.620. The summed E-state index contributed by atoms with van der Waals surface area (Å²) in [4.78, 5) is 10.5. The number of aromatic nitrogens is 1. The average molecular weight is 179 g/mol. The Morgan fingerprint density at radius 1 is 1.64 bits per heavy atom. The molecule has 1 heterocycles. The molecule has 1 rings (SSSR count). The van der Waals surface area contributed by atoms with Gasteiger partial charge in [-0.2, -0.15) is 5.16 Å². The minimum atomic E-state index is -0.188. The highest BCUT2D eigenvalue weighted by molar-refractivity contribution is 5.85. The molecule has 4 nitrogen and oxygen atoms in total. The summed E-state index contributed by atoms with van der Waals surface area (Å²) in [6.07, 6.45) is 1.58. The molecule has 0 amide bonds. The van der Waals surface area contributed by atoms with Gasteiger partial charge in [-0.15, -0.1) is 12.4 Å². The fraction of sp³-hybridized carbons (Fsp3) is 0.500. The highest BCUT2D eigenvalue weighted by Crippen LogP contribution is 1.95. The molecule has 5 heteroatoms. The molecule has 3 N–H and O–H groups in total. The Labute approximate surface area is 70.1 Å². The van der Waals surface area contributed by atoms with Crippen molar-refractivity contribution in [2.45, 2.75) is 12.8 Å². The van der Waals surface area contributed by atoms with Gasteiger partial charge in [0.1, 0.15) is 5.76 Å². The van der Waals surface area contributed by atoms with Crippen molar-refractivity contribution in [2.24, 2.45) is 5.73 Å². The van der Waals surface area contributed by atoms with Crippen LogP contribution in [0.4, 0.5) is 0 Å². The van der Waals surface area contributed by atoms with Crippen molar-refractivity contribution in [2.75, 3.05) is 6.54 Å². The second kappa shape index (κ2) is 4.98. The summed E-state index contributed by atoms with van der Waals surface area (Å²) in [6, 6.07) is 1.44. The first kappa shape index (κ1) is 10.3. The number of H-pyrrole nitrogens is 1. The Morgan fingerprint density at radius 3 is 2.82 bits per heavy atom. The molecular weight excluding hydrogens is 168 g/mol. The minimum absolute atomic E-state index is 0. The zero-order valence-corrected chi connectivity index (χ0v) is 6.82. The zero-order chi connectivity index (χ0) is 7.40. The number of halogens is 1. The smallest absolute Gasteiger partial charge is 0.280 e. The molecule has 1 aromatic rings. The fourth-order valence-electron chi connectivity index (χ4n) is 0.720. The summed E-state index contributed by atoms with van der Waals surface area (Å²) < 4.78 is 4.77. The quantitative estimate of drug-likeness (QED) is 0.699. The molecule has 0 unspecified atom stereocenters. The van der Waals surface area contributed by atoms with Gasteiger partial charge < -0.3 is 10.3 Å². The van der Waals surface area contributed by atoms with Crippen LogP contribution >= 0.6 is 12.4 Å². The van der Waals surface area contributed by atoms with Crippen LogP contribution in [0.25, 0.3) is 0 Å². The lowest BCUT2D eigenvalue weighted by molar-refractivity contribution is 0.376. The molecule has 0 spiro atoms. The van der Waals surface area contributed by atoms with Crippen molar-refractivity contribution in [3.8, 4) is 0 Å². The molecular formula is C6H11ClN2O2. The molecule has 0 aromatic carbocycles. The van der Waals surface area contributed by atoms with Crippen LogP contribution in [0.5, 0.6) is 0 Å². The largest absolute Gasteiger partial charge is 0.384 e. The maximum Gasteiger partial charge on any atom is 0.280 e. The van der Waals surface area contributed by atoms with Crippen LogP contribution in [-0.4, -0.2) is 11.7 Å². The predicted octanol–water partition coefficient (Wildman–Crippen LogP) is 0.281. The van der Waals surface area contributed by atoms with Gasteiger partial charge in [-0.25, -0.2) is 0 Å². The zero-order valence-electron chi connectivity index (χ0n) is 6.00. The molecule has 0 saturated heterocycles. The van der Waals surface area contributed by atoms with Crippen LogP contribution in [0, 0.1) is 0 Å². The third-order valence-corrected chi connectivity index (χ3v) is 1.20. The monoisotopic (exact) mass is 178 g/mol. The van der Waals surface area contributed by atoms with Crippen LogP contribution in [0.3, 0.4) is 0 Å². The van der Waals surface area contributed by atoms with Gasteiger partial charge >= 0.3 is 0 Å². The molecule has 0 fully saturated rings. The summed E-state index contributed by atoms with van der Waals surface area (Å²) in [5.41, 5.74) is 5.07. The van der Waals surface area contributed by atoms with E-state index in [1.54, 1.807) is 0 Å². The first-order chi connectivity index (χ1) is 4.83. The van der Waals surface area contributed by atoms with E-state index in [1.165, 1.54) is 6.07 Å². The van der Waals surface area contributed by atoms with E-state index in [1.807, 2.05) is 0 Å². The van der Waals surface area contributed by atoms with Crippen LogP contribution in [0.1, 0.15) is 12.2 Å². The van der Waals surface area contributed by atoms with Gasteiger partial charge in [-0.3, -0.25) is 4.79 Å². The second-order valence-corrected chi connectivity index (χ2v) is 2.07. The molecule has 1 aromatic heterocycles. The summed E-state index contributed by atoms with van der Waals surface area (Å²) in [5, 5.41) is 2.21. The second-order valence-electron chi connectivity index (χ2n) is 2.07. The van der Waals surface area contributed by atoms with E-state index in [0.717, 1.165) is 12.8 Å². The Kier molecular flexibility index (Phi) is 4.65. The minimum Gasteiger partial charge on any atom is -0.384 e. The van der Waals surface area contributed by atoms with Gasteiger partial charge in [0.25, 0.3) is 5.56 Å². The molecule has 0 aliphatic rings. The fourth-order valence-corrected chi connectivity index (χ4v) is 0.720. The van der Waals surface area contributed by atoms with E-state index < -0.39 is 0 Å². The van der Waals surface area contributed by atoms with E-state index in [2.05, 4.69) is 5.16 Å². The van der Waals surface area contributed by atoms with Crippen LogP contribution in [-0.2, 0) is 6.42 Å². The van der Waals surface area contributed by atoms with Gasteiger partial charge in [0, 0.05) is 12.5 Å². The predicted molar refractivity (Wildman–Crippen MR) is 44.0 cm³/mol. The number of rotatable bonds is 3. The van der Waals surface area contributed by atoms with E-state index in [-0.39, 0.29) is 18.0 Å². The Bertz CT molecular complexity index is 243. The first-order valence-electron chi connectivity index (χ1n) is 3.20. The first-order valence-corrected chi connectivity index (χ1v) is 3.20. The third-order valence-electron chi connectivity index (χ3n) is 1.20. The van der Waals surface area contributed by atoms with Crippen molar-refractivity contribution >= 4 is 12.4 Å². The number of hydrogen-bond donors (Lipinski definition) is 2. The van der Waals surface area contributed by atoms with Gasteiger partial charge in [0.2, 0.25) is 0 Å². The van der Waals surface area contributed by atoms with E-state index in [4.69, 9.17) is 10.3 Å². The maximum atomic E-state index is 10.5. The van der Waals surface area contributed by atoms with Gasteiger partial charge in [-0.1, -0.05) is 0 Å². The normalized spacial score (nSPS) is 9.18. The summed E-state index contributed by atoms with van der Waals surface area (Å²) in [5.74, 6) is 0.676. The molecule has 0 radical (unpaired) electrons. The lowest BCUT2D eigenvalue weighted by Gasteiger charge is -1.88. The Morgan fingerprint density at radius 2 is 2.36 bits per heavy atom. The van der Waals surface area contributed by atoms with Gasteiger partial charge in [0.05, 0.1) is 0 Å². The highest BCUT2D eigenvalue weighted by Gasteiger charge is 1.96. The maximum absolute atomic E-state index is 10.5. The molecule has 64 valence electrons. The van der Waals surface area contributed by atoms with E-state index >= 15 is 0 Å². The highest BCUT2D eigenvalue weighted by atomic mass is 35.5.